The maximum Gasteiger partial charge on any atom is 0.229 e. The van der Waals surface area contributed by atoms with Crippen LogP contribution < -0.4 is 4.72 Å². The first kappa shape index (κ1) is 15.2. The number of anilines is 1. The Kier molecular flexibility index (Phi) is 4.37. The molecule has 0 fully saturated rings. The summed E-state index contributed by atoms with van der Waals surface area (Å²) in [5.74, 6) is -0.463. The predicted octanol–water partition coefficient (Wildman–Crippen LogP) is 2.62. The second-order valence-corrected chi connectivity index (χ2v) is 6.43. The predicted molar refractivity (Wildman–Crippen MR) is 79.3 cm³/mol. The van der Waals surface area contributed by atoms with Gasteiger partial charge in [-0.05, 0) is 42.0 Å². The summed E-state index contributed by atoms with van der Waals surface area (Å²) in [7, 11) is -3.33. The number of ketones is 1. The van der Waals surface area contributed by atoms with Crippen LogP contribution in [0.1, 0.15) is 15.9 Å². The molecule has 0 atom stereocenters. The van der Waals surface area contributed by atoms with Crippen LogP contribution in [-0.2, 0) is 16.4 Å². The third-order valence-corrected chi connectivity index (χ3v) is 3.39. The fraction of sp³-hybridized carbons (Fsp3) is 0.133. The molecule has 0 heterocycles. The molecule has 0 saturated heterocycles. The van der Waals surface area contributed by atoms with Gasteiger partial charge in [0.1, 0.15) is 5.82 Å². The maximum absolute atomic E-state index is 12.8. The Morgan fingerprint density at radius 3 is 2.14 bits per heavy atom. The Balaban J connectivity index is 2.08. The standard InChI is InChI=1S/C15H14FNO3S/c1-21(19,20)17-14-8-4-12(5-9-14)15(18)10-11-2-6-13(16)7-3-11/h2-9,17H,10H2,1H3. The lowest BCUT2D eigenvalue weighted by Gasteiger charge is -2.05. The van der Waals surface area contributed by atoms with Gasteiger partial charge in [0.05, 0.1) is 6.26 Å². The van der Waals surface area contributed by atoms with Crippen molar-refractivity contribution >= 4 is 21.5 Å². The first-order valence-electron chi connectivity index (χ1n) is 6.19. The largest absolute Gasteiger partial charge is 0.294 e. The summed E-state index contributed by atoms with van der Waals surface area (Å²) in [6.07, 6.45) is 1.22. The first-order valence-corrected chi connectivity index (χ1v) is 8.08. The number of halogens is 1. The van der Waals surface area contributed by atoms with Crippen LogP contribution in [-0.4, -0.2) is 20.5 Å². The molecule has 0 bridgehead atoms. The topological polar surface area (TPSA) is 63.2 Å². The third-order valence-electron chi connectivity index (χ3n) is 2.79. The van der Waals surface area contributed by atoms with Crippen LogP contribution in [0.15, 0.2) is 48.5 Å². The summed E-state index contributed by atoms with van der Waals surface area (Å²) in [5, 5.41) is 0. The zero-order valence-electron chi connectivity index (χ0n) is 11.3. The van der Waals surface area contributed by atoms with Crippen molar-refractivity contribution in [2.45, 2.75) is 6.42 Å². The molecule has 2 aromatic carbocycles. The molecule has 2 rings (SSSR count). The van der Waals surface area contributed by atoms with Crippen LogP contribution in [0.2, 0.25) is 0 Å². The average molecular weight is 307 g/mol. The Morgan fingerprint density at radius 1 is 1.05 bits per heavy atom. The van der Waals surface area contributed by atoms with E-state index in [9.17, 15) is 17.6 Å². The third kappa shape index (κ3) is 4.68. The van der Waals surface area contributed by atoms with E-state index in [2.05, 4.69) is 4.72 Å². The minimum Gasteiger partial charge on any atom is -0.294 e. The molecule has 0 saturated carbocycles. The van der Waals surface area contributed by atoms with Crippen molar-refractivity contribution < 1.29 is 17.6 Å². The maximum atomic E-state index is 12.8. The molecule has 1 N–H and O–H groups in total. The van der Waals surface area contributed by atoms with E-state index in [4.69, 9.17) is 0 Å². The van der Waals surface area contributed by atoms with Crippen LogP contribution in [0.25, 0.3) is 0 Å². The molecule has 4 nitrogen and oxygen atoms in total. The Hall–Kier alpha value is -2.21. The molecular formula is C15H14FNO3S. The second kappa shape index (κ2) is 6.05. The number of hydrogen-bond acceptors (Lipinski definition) is 3. The van der Waals surface area contributed by atoms with Crippen LogP contribution in [0.5, 0.6) is 0 Å². The van der Waals surface area contributed by atoms with Crippen molar-refractivity contribution in [3.63, 3.8) is 0 Å². The number of carbonyl (C=O) groups is 1. The van der Waals surface area contributed by atoms with Crippen molar-refractivity contribution in [2.24, 2.45) is 0 Å². The zero-order valence-corrected chi connectivity index (χ0v) is 12.2. The van der Waals surface area contributed by atoms with Crippen molar-refractivity contribution in [1.29, 1.82) is 0 Å². The Bertz CT molecular complexity index is 737. The van der Waals surface area contributed by atoms with Gasteiger partial charge < -0.3 is 0 Å². The zero-order chi connectivity index (χ0) is 15.5. The lowest BCUT2D eigenvalue weighted by Crippen LogP contribution is -2.10. The molecule has 6 heteroatoms. The van der Waals surface area contributed by atoms with Crippen LogP contribution in [0.3, 0.4) is 0 Å². The molecule has 0 unspecified atom stereocenters. The molecular weight excluding hydrogens is 293 g/mol. The highest BCUT2D eigenvalue weighted by Crippen LogP contribution is 2.13. The summed E-state index contributed by atoms with van der Waals surface area (Å²) in [6.45, 7) is 0. The van der Waals surface area contributed by atoms with E-state index in [0.717, 1.165) is 11.8 Å². The number of rotatable bonds is 5. The van der Waals surface area contributed by atoms with E-state index < -0.39 is 10.0 Å². The summed E-state index contributed by atoms with van der Waals surface area (Å²) in [6, 6.07) is 11.9. The van der Waals surface area contributed by atoms with Crippen LogP contribution in [0.4, 0.5) is 10.1 Å². The average Bonchev–Trinajstić information content (AvgIpc) is 2.40. The van der Waals surface area contributed by atoms with Gasteiger partial charge in [-0.1, -0.05) is 12.1 Å². The van der Waals surface area contributed by atoms with Gasteiger partial charge >= 0.3 is 0 Å². The van der Waals surface area contributed by atoms with Gasteiger partial charge in [0.25, 0.3) is 0 Å². The van der Waals surface area contributed by atoms with Crippen molar-refractivity contribution in [2.75, 3.05) is 11.0 Å². The molecule has 21 heavy (non-hydrogen) atoms. The highest BCUT2D eigenvalue weighted by atomic mass is 32.2. The van der Waals surface area contributed by atoms with E-state index >= 15 is 0 Å². The summed E-state index contributed by atoms with van der Waals surface area (Å²) in [5.41, 5.74) is 1.59. The van der Waals surface area contributed by atoms with Gasteiger partial charge in [-0.3, -0.25) is 9.52 Å². The normalized spacial score (nSPS) is 11.1. The fourth-order valence-corrected chi connectivity index (χ4v) is 2.39. The highest BCUT2D eigenvalue weighted by molar-refractivity contribution is 7.92. The quantitative estimate of drug-likeness (QED) is 0.864. The summed E-state index contributed by atoms with van der Waals surface area (Å²) < 4.78 is 37.3. The van der Waals surface area contributed by atoms with E-state index in [-0.39, 0.29) is 18.0 Å². The molecule has 0 aliphatic carbocycles. The highest BCUT2D eigenvalue weighted by Gasteiger charge is 2.08. The van der Waals surface area contributed by atoms with Gasteiger partial charge in [-0.25, -0.2) is 12.8 Å². The Labute approximate surface area is 122 Å². The van der Waals surface area contributed by atoms with Crippen LogP contribution >= 0.6 is 0 Å². The molecule has 0 spiro atoms. The number of hydrogen-bond donors (Lipinski definition) is 1. The molecule has 0 aliphatic heterocycles. The lowest BCUT2D eigenvalue weighted by molar-refractivity contribution is 0.0993. The molecule has 0 radical (unpaired) electrons. The number of benzene rings is 2. The molecule has 110 valence electrons. The van der Waals surface area contributed by atoms with Gasteiger partial charge in [-0.15, -0.1) is 0 Å². The van der Waals surface area contributed by atoms with E-state index in [0.29, 0.717) is 11.3 Å². The van der Waals surface area contributed by atoms with Gasteiger partial charge in [-0.2, -0.15) is 0 Å². The van der Waals surface area contributed by atoms with Crippen molar-refractivity contribution in [3.8, 4) is 0 Å². The SMILES string of the molecule is CS(=O)(=O)Nc1ccc(C(=O)Cc2ccc(F)cc2)cc1. The van der Waals surface area contributed by atoms with Crippen molar-refractivity contribution in [1.82, 2.24) is 0 Å². The lowest BCUT2D eigenvalue weighted by atomic mass is 10.0. The number of Topliss-reactive ketones (excluding diaryl/α,β-unsaturated/α-hetero) is 1. The van der Waals surface area contributed by atoms with Gasteiger partial charge in [0, 0.05) is 17.7 Å². The van der Waals surface area contributed by atoms with E-state index in [1.807, 2.05) is 0 Å². The van der Waals surface area contributed by atoms with Crippen molar-refractivity contribution in [3.05, 3.63) is 65.5 Å². The smallest absolute Gasteiger partial charge is 0.229 e. The van der Waals surface area contributed by atoms with Gasteiger partial charge in [0.2, 0.25) is 10.0 Å². The molecule has 0 aromatic heterocycles. The van der Waals surface area contributed by atoms with Gasteiger partial charge in [0.15, 0.2) is 5.78 Å². The number of sulfonamides is 1. The molecule has 0 amide bonds. The minimum absolute atomic E-state index is 0.118. The summed E-state index contributed by atoms with van der Waals surface area (Å²) >= 11 is 0. The summed E-state index contributed by atoms with van der Waals surface area (Å²) in [4.78, 5) is 12.1. The monoisotopic (exact) mass is 307 g/mol. The molecule has 0 aliphatic rings. The van der Waals surface area contributed by atoms with Crippen LogP contribution in [0, 0.1) is 5.82 Å². The molecule has 2 aromatic rings. The minimum atomic E-state index is -3.33. The second-order valence-electron chi connectivity index (χ2n) is 4.68. The van der Waals surface area contributed by atoms with E-state index in [1.165, 1.54) is 24.3 Å². The fourth-order valence-electron chi connectivity index (χ4n) is 1.83. The first-order chi connectivity index (χ1) is 9.83. The number of carbonyl (C=O) groups excluding carboxylic acids is 1. The van der Waals surface area contributed by atoms with E-state index in [1.54, 1.807) is 24.3 Å². The Morgan fingerprint density at radius 2 is 1.62 bits per heavy atom. The number of nitrogens with one attached hydrogen (secondary N) is 1.